The molecule has 0 aliphatic carbocycles. The van der Waals surface area contributed by atoms with Crippen LogP contribution >= 0.6 is 0 Å². The third-order valence-electron chi connectivity index (χ3n) is 4.07. The Kier molecular flexibility index (Phi) is 7.53. The summed E-state index contributed by atoms with van der Waals surface area (Å²) >= 11 is 0. The number of carbonyl (C=O) groups excluding carboxylic acids is 2. The van der Waals surface area contributed by atoms with E-state index in [4.69, 9.17) is 18.9 Å². The molecule has 0 fully saturated rings. The largest absolute Gasteiger partial charge is 0.504 e. The smallest absolute Gasteiger partial charge is 0.251 e. The normalized spacial score (nSPS) is 10.1. The SMILES string of the molecule is COc1cc(CNC(=O)CNC(=O)c2cc(OC)c(OC)c(OC)c2)ccc1O. The van der Waals surface area contributed by atoms with Crippen LogP contribution in [-0.2, 0) is 11.3 Å². The van der Waals surface area contributed by atoms with Gasteiger partial charge in [-0.15, -0.1) is 0 Å². The summed E-state index contributed by atoms with van der Waals surface area (Å²) in [5.41, 5.74) is 1.000. The highest BCUT2D eigenvalue weighted by molar-refractivity contribution is 5.97. The van der Waals surface area contributed by atoms with Crippen molar-refractivity contribution in [2.24, 2.45) is 0 Å². The zero-order valence-electron chi connectivity index (χ0n) is 16.7. The van der Waals surface area contributed by atoms with Gasteiger partial charge in [0, 0.05) is 12.1 Å². The molecule has 0 saturated heterocycles. The molecule has 2 amide bonds. The summed E-state index contributed by atoms with van der Waals surface area (Å²) in [6, 6.07) is 7.75. The van der Waals surface area contributed by atoms with E-state index in [1.165, 1.54) is 46.6 Å². The molecule has 2 aromatic rings. The van der Waals surface area contributed by atoms with E-state index in [1.807, 2.05) is 0 Å². The number of phenolic OH excluding ortho intramolecular Hbond substituents is 1. The van der Waals surface area contributed by atoms with Gasteiger partial charge in [0.15, 0.2) is 23.0 Å². The number of rotatable bonds is 9. The van der Waals surface area contributed by atoms with E-state index in [9.17, 15) is 14.7 Å². The van der Waals surface area contributed by atoms with Crippen LogP contribution in [-0.4, -0.2) is 51.9 Å². The average Bonchev–Trinajstić information content (AvgIpc) is 2.75. The standard InChI is InChI=1S/C20H24N2O7/c1-26-15-7-12(5-6-14(15)23)10-21-18(24)11-22-20(25)13-8-16(27-2)19(29-4)17(9-13)28-3/h5-9,23H,10-11H2,1-4H3,(H,21,24)(H,22,25). The van der Waals surface area contributed by atoms with Gasteiger partial charge in [-0.05, 0) is 29.8 Å². The first kappa shape index (κ1) is 21.7. The number of phenols is 1. The molecule has 0 radical (unpaired) electrons. The van der Waals surface area contributed by atoms with E-state index in [0.29, 0.717) is 23.0 Å². The summed E-state index contributed by atoms with van der Waals surface area (Å²) in [5, 5.41) is 14.8. The average molecular weight is 404 g/mol. The Morgan fingerprint density at radius 2 is 1.48 bits per heavy atom. The lowest BCUT2D eigenvalue weighted by molar-refractivity contribution is -0.120. The number of hydrogen-bond donors (Lipinski definition) is 3. The quantitative estimate of drug-likeness (QED) is 0.580. The Morgan fingerprint density at radius 1 is 0.862 bits per heavy atom. The molecule has 2 aromatic carbocycles. The van der Waals surface area contributed by atoms with Crippen molar-refractivity contribution in [2.75, 3.05) is 35.0 Å². The molecule has 0 bridgehead atoms. The van der Waals surface area contributed by atoms with Crippen molar-refractivity contribution in [3.63, 3.8) is 0 Å². The van der Waals surface area contributed by atoms with Crippen molar-refractivity contribution < 1.29 is 33.6 Å². The highest BCUT2D eigenvalue weighted by Crippen LogP contribution is 2.38. The van der Waals surface area contributed by atoms with Crippen molar-refractivity contribution in [1.29, 1.82) is 0 Å². The van der Waals surface area contributed by atoms with Crippen molar-refractivity contribution in [2.45, 2.75) is 6.54 Å². The molecular formula is C20H24N2O7. The fourth-order valence-electron chi connectivity index (χ4n) is 2.57. The molecule has 0 atom stereocenters. The highest BCUT2D eigenvalue weighted by Gasteiger charge is 2.17. The van der Waals surface area contributed by atoms with Crippen LogP contribution in [0, 0.1) is 0 Å². The Labute approximate surface area is 168 Å². The van der Waals surface area contributed by atoms with Gasteiger partial charge in [0.25, 0.3) is 5.91 Å². The maximum absolute atomic E-state index is 12.4. The van der Waals surface area contributed by atoms with Gasteiger partial charge in [-0.25, -0.2) is 0 Å². The molecule has 9 heteroatoms. The van der Waals surface area contributed by atoms with E-state index in [2.05, 4.69) is 10.6 Å². The Morgan fingerprint density at radius 3 is 2.03 bits per heavy atom. The van der Waals surface area contributed by atoms with Gasteiger partial charge in [-0.3, -0.25) is 9.59 Å². The summed E-state index contributed by atoms with van der Waals surface area (Å²) < 4.78 is 20.7. The first-order valence-corrected chi connectivity index (χ1v) is 8.64. The van der Waals surface area contributed by atoms with E-state index < -0.39 is 5.91 Å². The summed E-state index contributed by atoms with van der Waals surface area (Å²) in [6.45, 7) is 0.000235. The molecule has 3 N–H and O–H groups in total. The second kappa shape index (κ2) is 10.1. The first-order valence-electron chi connectivity index (χ1n) is 8.64. The van der Waals surface area contributed by atoms with Crippen molar-refractivity contribution >= 4 is 11.8 Å². The molecule has 0 heterocycles. The van der Waals surface area contributed by atoms with Crippen LogP contribution < -0.4 is 29.6 Å². The van der Waals surface area contributed by atoms with Gasteiger partial charge in [-0.2, -0.15) is 0 Å². The Hall–Kier alpha value is -3.62. The zero-order chi connectivity index (χ0) is 21.4. The number of benzene rings is 2. The molecule has 9 nitrogen and oxygen atoms in total. The fraction of sp³-hybridized carbons (Fsp3) is 0.300. The Bertz CT molecular complexity index is 858. The fourth-order valence-corrected chi connectivity index (χ4v) is 2.57. The van der Waals surface area contributed by atoms with Gasteiger partial charge < -0.3 is 34.7 Å². The van der Waals surface area contributed by atoms with Gasteiger partial charge in [0.05, 0.1) is 35.0 Å². The van der Waals surface area contributed by atoms with Crippen LogP contribution in [0.15, 0.2) is 30.3 Å². The van der Waals surface area contributed by atoms with Crippen molar-refractivity contribution in [3.05, 3.63) is 41.5 Å². The maximum atomic E-state index is 12.4. The lowest BCUT2D eigenvalue weighted by Crippen LogP contribution is -2.36. The minimum Gasteiger partial charge on any atom is -0.504 e. The molecule has 0 saturated carbocycles. The molecule has 156 valence electrons. The van der Waals surface area contributed by atoms with Crippen LogP contribution in [0.2, 0.25) is 0 Å². The first-order chi connectivity index (χ1) is 13.9. The number of carbonyl (C=O) groups is 2. The number of methoxy groups -OCH3 is 4. The number of ether oxygens (including phenoxy) is 4. The molecule has 0 aromatic heterocycles. The van der Waals surface area contributed by atoms with Crippen LogP contribution in [0.25, 0.3) is 0 Å². The number of nitrogens with one attached hydrogen (secondary N) is 2. The van der Waals surface area contributed by atoms with Crippen LogP contribution in [0.3, 0.4) is 0 Å². The molecule has 29 heavy (non-hydrogen) atoms. The van der Waals surface area contributed by atoms with Crippen LogP contribution in [0.4, 0.5) is 0 Å². The van der Waals surface area contributed by atoms with Gasteiger partial charge >= 0.3 is 0 Å². The number of amides is 2. The maximum Gasteiger partial charge on any atom is 0.251 e. The zero-order valence-corrected chi connectivity index (χ0v) is 16.7. The minimum atomic E-state index is -0.467. The molecule has 0 spiro atoms. The third-order valence-corrected chi connectivity index (χ3v) is 4.07. The summed E-state index contributed by atoms with van der Waals surface area (Å²) in [5.74, 6) is 0.523. The van der Waals surface area contributed by atoms with E-state index >= 15 is 0 Å². The molecule has 0 aliphatic rings. The number of aromatic hydroxyl groups is 1. The second-order valence-corrected chi connectivity index (χ2v) is 5.88. The topological polar surface area (TPSA) is 115 Å². The molecule has 0 unspecified atom stereocenters. The van der Waals surface area contributed by atoms with Crippen LogP contribution in [0.5, 0.6) is 28.7 Å². The molecule has 2 rings (SSSR count). The van der Waals surface area contributed by atoms with Gasteiger partial charge in [0.2, 0.25) is 11.7 Å². The lowest BCUT2D eigenvalue weighted by atomic mass is 10.1. The lowest BCUT2D eigenvalue weighted by Gasteiger charge is -2.14. The highest BCUT2D eigenvalue weighted by atomic mass is 16.5. The second-order valence-electron chi connectivity index (χ2n) is 5.88. The number of hydrogen-bond acceptors (Lipinski definition) is 7. The van der Waals surface area contributed by atoms with Crippen molar-refractivity contribution in [3.8, 4) is 28.7 Å². The Balaban J connectivity index is 1.95. The molecular weight excluding hydrogens is 380 g/mol. The van der Waals surface area contributed by atoms with E-state index in [0.717, 1.165) is 5.56 Å². The monoisotopic (exact) mass is 404 g/mol. The summed E-state index contributed by atoms with van der Waals surface area (Å²) in [4.78, 5) is 24.4. The molecule has 0 aliphatic heterocycles. The minimum absolute atomic E-state index is 0.0141. The summed E-state index contributed by atoms with van der Waals surface area (Å²) in [6.07, 6.45) is 0. The summed E-state index contributed by atoms with van der Waals surface area (Å²) in [7, 11) is 5.81. The van der Waals surface area contributed by atoms with E-state index in [1.54, 1.807) is 12.1 Å². The third kappa shape index (κ3) is 5.44. The van der Waals surface area contributed by atoms with Gasteiger partial charge in [-0.1, -0.05) is 6.07 Å². The van der Waals surface area contributed by atoms with E-state index in [-0.39, 0.29) is 30.3 Å². The predicted molar refractivity (Wildman–Crippen MR) is 105 cm³/mol. The van der Waals surface area contributed by atoms with Gasteiger partial charge in [0.1, 0.15) is 0 Å². The van der Waals surface area contributed by atoms with Crippen molar-refractivity contribution in [1.82, 2.24) is 10.6 Å². The predicted octanol–water partition coefficient (Wildman–Crippen LogP) is 1.47. The van der Waals surface area contributed by atoms with Crippen LogP contribution in [0.1, 0.15) is 15.9 Å².